The summed E-state index contributed by atoms with van der Waals surface area (Å²) in [6.45, 7) is -0.202. The minimum atomic E-state index is -1.28. The van der Waals surface area contributed by atoms with Gasteiger partial charge in [-0.05, 0) is 24.1 Å². The first-order valence-electron chi connectivity index (χ1n) is 5.78. The molecule has 1 aromatic heterocycles. The molecular weight excluding hydrogens is 250 g/mol. The molecular formula is C12H17N3O4. The molecule has 0 fully saturated rings. The van der Waals surface area contributed by atoms with Crippen molar-refractivity contribution in [3.63, 3.8) is 0 Å². The van der Waals surface area contributed by atoms with Crippen LogP contribution in [0.15, 0.2) is 24.5 Å². The van der Waals surface area contributed by atoms with Gasteiger partial charge in [-0.3, -0.25) is 4.98 Å². The maximum atomic E-state index is 11.7. The third-order valence-electron chi connectivity index (χ3n) is 2.61. The number of carboxylic acids is 1. The Balaban J connectivity index is 2.42. The molecule has 0 unspecified atom stereocenters. The van der Waals surface area contributed by atoms with Crippen LogP contribution < -0.4 is 5.32 Å². The van der Waals surface area contributed by atoms with E-state index in [1.807, 2.05) is 12.1 Å². The van der Waals surface area contributed by atoms with Gasteiger partial charge in [0.2, 0.25) is 0 Å². The molecule has 104 valence electrons. The number of nitrogens with one attached hydrogen (secondary N) is 1. The Morgan fingerprint density at radius 3 is 2.58 bits per heavy atom. The lowest BCUT2D eigenvalue weighted by molar-refractivity contribution is -0.140. The van der Waals surface area contributed by atoms with Gasteiger partial charge < -0.3 is 20.4 Å². The lowest BCUT2D eigenvalue weighted by Crippen LogP contribution is -2.48. The molecule has 3 N–H and O–H groups in total. The van der Waals surface area contributed by atoms with Gasteiger partial charge in [-0.1, -0.05) is 0 Å². The van der Waals surface area contributed by atoms with Gasteiger partial charge in [0.1, 0.15) is 0 Å². The third-order valence-corrected chi connectivity index (χ3v) is 2.61. The quantitative estimate of drug-likeness (QED) is 0.657. The van der Waals surface area contributed by atoms with E-state index in [2.05, 4.69) is 10.3 Å². The summed E-state index contributed by atoms with van der Waals surface area (Å²) in [6.07, 6.45) is 3.98. The fourth-order valence-corrected chi connectivity index (χ4v) is 1.39. The largest absolute Gasteiger partial charge is 0.480 e. The minimum absolute atomic E-state index is 0.438. The fourth-order valence-electron chi connectivity index (χ4n) is 1.39. The van der Waals surface area contributed by atoms with Crippen molar-refractivity contribution >= 4 is 12.0 Å². The average Bonchev–Trinajstić information content (AvgIpc) is 2.42. The number of carboxylic acid groups (broad SMARTS) is 1. The molecule has 0 bridgehead atoms. The monoisotopic (exact) mass is 267 g/mol. The fraction of sp³-hybridized carbons (Fsp3) is 0.417. The zero-order chi connectivity index (χ0) is 14.3. The molecule has 7 heteroatoms. The van der Waals surface area contributed by atoms with Gasteiger partial charge in [-0.25, -0.2) is 9.59 Å². The molecule has 2 amide bonds. The molecule has 0 spiro atoms. The molecule has 0 aliphatic heterocycles. The number of carbonyl (C=O) groups is 2. The van der Waals surface area contributed by atoms with Crippen LogP contribution in [-0.2, 0) is 11.2 Å². The number of aliphatic carboxylic acids is 1. The molecule has 1 aromatic rings. The molecule has 0 radical (unpaired) electrons. The van der Waals surface area contributed by atoms with Crippen LogP contribution in [0.4, 0.5) is 4.79 Å². The first kappa shape index (κ1) is 14.9. The number of aliphatic hydroxyl groups is 1. The van der Waals surface area contributed by atoms with Gasteiger partial charge in [-0.15, -0.1) is 0 Å². The van der Waals surface area contributed by atoms with E-state index in [4.69, 9.17) is 10.2 Å². The smallest absolute Gasteiger partial charge is 0.328 e. The van der Waals surface area contributed by atoms with E-state index >= 15 is 0 Å². The highest BCUT2D eigenvalue weighted by atomic mass is 16.4. The van der Waals surface area contributed by atoms with Crippen molar-refractivity contribution in [1.29, 1.82) is 0 Å². The highest BCUT2D eigenvalue weighted by molar-refractivity contribution is 5.82. The predicted octanol–water partition coefficient (Wildman–Crippen LogP) is -0.289. The Morgan fingerprint density at radius 1 is 1.42 bits per heavy atom. The maximum absolute atomic E-state index is 11.7. The zero-order valence-electron chi connectivity index (χ0n) is 10.6. The van der Waals surface area contributed by atoms with Crippen LogP contribution >= 0.6 is 0 Å². The number of carbonyl (C=O) groups excluding carboxylic acids is 1. The molecule has 0 saturated heterocycles. The lowest BCUT2D eigenvalue weighted by atomic mass is 10.2. The molecule has 0 aromatic carbocycles. The molecule has 0 aliphatic rings. The standard InChI is InChI=1S/C12H17N3O4/c1-15(7-4-9-2-5-13-6-3-9)12(19)14-10(8-16)11(17)18/h2-3,5-6,10,16H,4,7-8H2,1H3,(H,14,19)(H,17,18)/t10-/m0/s1. The van der Waals surface area contributed by atoms with Crippen LogP contribution in [0.3, 0.4) is 0 Å². The van der Waals surface area contributed by atoms with Crippen LogP contribution in [0.2, 0.25) is 0 Å². The van der Waals surface area contributed by atoms with Gasteiger partial charge in [0.05, 0.1) is 6.61 Å². The Kier molecular flexibility index (Phi) is 5.74. The second-order valence-electron chi connectivity index (χ2n) is 4.05. The lowest BCUT2D eigenvalue weighted by Gasteiger charge is -2.20. The van der Waals surface area contributed by atoms with E-state index in [9.17, 15) is 9.59 Å². The number of nitrogens with zero attached hydrogens (tertiary/aromatic N) is 2. The Labute approximate surface area is 110 Å². The number of urea groups is 1. The van der Waals surface area contributed by atoms with Crippen molar-refractivity contribution in [3.05, 3.63) is 30.1 Å². The van der Waals surface area contributed by atoms with Crippen LogP contribution in [-0.4, -0.2) is 58.3 Å². The van der Waals surface area contributed by atoms with Crippen LogP contribution in [0.1, 0.15) is 5.56 Å². The van der Waals surface area contributed by atoms with Crippen LogP contribution in [0.25, 0.3) is 0 Å². The number of hydrogen-bond donors (Lipinski definition) is 3. The van der Waals surface area contributed by atoms with Crippen molar-refractivity contribution in [2.24, 2.45) is 0 Å². The summed E-state index contributed by atoms with van der Waals surface area (Å²) in [7, 11) is 1.56. The van der Waals surface area contributed by atoms with E-state index in [0.29, 0.717) is 13.0 Å². The average molecular weight is 267 g/mol. The first-order valence-corrected chi connectivity index (χ1v) is 5.78. The Bertz CT molecular complexity index is 424. The first-order chi connectivity index (χ1) is 9.04. The number of likely N-dealkylation sites (N-methyl/N-ethyl adjacent to an activating group) is 1. The number of aliphatic hydroxyl groups excluding tert-OH is 1. The highest BCUT2D eigenvalue weighted by Gasteiger charge is 2.20. The van der Waals surface area contributed by atoms with Gasteiger partial charge in [-0.2, -0.15) is 0 Å². The summed E-state index contributed by atoms with van der Waals surface area (Å²) in [5.74, 6) is -1.27. The minimum Gasteiger partial charge on any atom is -0.480 e. The van der Waals surface area contributed by atoms with Gasteiger partial charge in [0.25, 0.3) is 0 Å². The topological polar surface area (TPSA) is 103 Å². The summed E-state index contributed by atoms with van der Waals surface area (Å²) in [4.78, 5) is 27.6. The second kappa shape index (κ2) is 7.32. The molecule has 1 heterocycles. The number of hydrogen-bond acceptors (Lipinski definition) is 4. The Morgan fingerprint density at radius 2 is 2.05 bits per heavy atom. The second-order valence-corrected chi connectivity index (χ2v) is 4.05. The molecule has 19 heavy (non-hydrogen) atoms. The molecule has 1 atom stereocenters. The van der Waals surface area contributed by atoms with E-state index in [1.54, 1.807) is 19.4 Å². The van der Waals surface area contributed by atoms with E-state index < -0.39 is 24.6 Å². The summed E-state index contributed by atoms with van der Waals surface area (Å²) >= 11 is 0. The normalized spacial score (nSPS) is 11.7. The van der Waals surface area contributed by atoms with Gasteiger partial charge >= 0.3 is 12.0 Å². The van der Waals surface area contributed by atoms with Crippen LogP contribution in [0.5, 0.6) is 0 Å². The summed E-state index contributed by atoms with van der Waals surface area (Å²) in [5.41, 5.74) is 1.03. The van der Waals surface area contributed by atoms with E-state index in [-0.39, 0.29) is 0 Å². The van der Waals surface area contributed by atoms with E-state index in [1.165, 1.54) is 4.90 Å². The highest BCUT2D eigenvalue weighted by Crippen LogP contribution is 1.99. The predicted molar refractivity (Wildman–Crippen MR) is 67.6 cm³/mol. The van der Waals surface area contributed by atoms with Crippen LogP contribution in [0, 0.1) is 0 Å². The SMILES string of the molecule is CN(CCc1ccncc1)C(=O)N[C@@H](CO)C(=O)O. The van der Waals surface area contributed by atoms with Crippen molar-refractivity contribution in [3.8, 4) is 0 Å². The zero-order valence-corrected chi connectivity index (χ0v) is 10.6. The molecule has 1 rings (SSSR count). The Hall–Kier alpha value is -2.15. The summed E-state index contributed by atoms with van der Waals surface area (Å²) < 4.78 is 0. The molecule has 0 saturated carbocycles. The summed E-state index contributed by atoms with van der Waals surface area (Å²) in [6, 6.07) is 1.88. The van der Waals surface area contributed by atoms with Gasteiger partial charge in [0.15, 0.2) is 6.04 Å². The number of pyridine rings is 1. The summed E-state index contributed by atoms with van der Waals surface area (Å²) in [5, 5.41) is 19.8. The number of aromatic nitrogens is 1. The third kappa shape index (κ3) is 4.92. The number of rotatable bonds is 6. The van der Waals surface area contributed by atoms with Crippen molar-refractivity contribution < 1.29 is 19.8 Å². The maximum Gasteiger partial charge on any atom is 0.328 e. The molecule has 7 nitrogen and oxygen atoms in total. The van der Waals surface area contributed by atoms with E-state index in [0.717, 1.165) is 5.56 Å². The van der Waals surface area contributed by atoms with Crippen molar-refractivity contribution in [2.45, 2.75) is 12.5 Å². The van der Waals surface area contributed by atoms with Gasteiger partial charge in [0, 0.05) is 26.0 Å². The van der Waals surface area contributed by atoms with Crippen molar-refractivity contribution in [2.75, 3.05) is 20.2 Å². The molecule has 0 aliphatic carbocycles. The number of amides is 2. The van der Waals surface area contributed by atoms with Crippen molar-refractivity contribution in [1.82, 2.24) is 15.2 Å².